The first-order chi connectivity index (χ1) is 10.4. The van der Waals surface area contributed by atoms with E-state index in [1.54, 1.807) is 14.2 Å². The van der Waals surface area contributed by atoms with E-state index in [-0.39, 0.29) is 5.41 Å². The molecule has 2 unspecified atom stereocenters. The number of nitrogens with zero attached hydrogens (tertiary/aromatic N) is 2. The molecule has 124 valence electrons. The van der Waals surface area contributed by atoms with Crippen molar-refractivity contribution in [2.75, 3.05) is 20.7 Å². The highest BCUT2D eigenvalue weighted by Crippen LogP contribution is 2.42. The van der Waals surface area contributed by atoms with Crippen LogP contribution in [0.15, 0.2) is 9.52 Å². The second kappa shape index (κ2) is 6.69. The number of ether oxygens (including phenoxy) is 1. The molecule has 2 N–H and O–H groups in total. The molecule has 6 heteroatoms. The lowest BCUT2D eigenvalue weighted by molar-refractivity contribution is -0.0922. The first kappa shape index (κ1) is 16.8. The summed E-state index contributed by atoms with van der Waals surface area (Å²) in [6, 6.07) is 0.378. The Balaban J connectivity index is 1.82. The van der Waals surface area contributed by atoms with Gasteiger partial charge in [0.1, 0.15) is 5.76 Å². The average Bonchev–Trinajstić information content (AvgIpc) is 2.80. The Labute approximate surface area is 132 Å². The van der Waals surface area contributed by atoms with Crippen molar-refractivity contribution in [2.45, 2.75) is 52.7 Å². The van der Waals surface area contributed by atoms with Crippen molar-refractivity contribution in [3.05, 3.63) is 17.0 Å². The zero-order valence-electron chi connectivity index (χ0n) is 14.5. The van der Waals surface area contributed by atoms with Crippen molar-refractivity contribution in [3.8, 4) is 0 Å². The van der Waals surface area contributed by atoms with E-state index in [0.717, 1.165) is 36.8 Å². The van der Waals surface area contributed by atoms with Crippen molar-refractivity contribution < 1.29 is 9.26 Å². The highest BCUT2D eigenvalue weighted by Gasteiger charge is 2.48. The van der Waals surface area contributed by atoms with Crippen LogP contribution in [0.4, 0.5) is 0 Å². The van der Waals surface area contributed by atoms with Gasteiger partial charge in [-0.15, -0.1) is 0 Å². The van der Waals surface area contributed by atoms with Crippen LogP contribution >= 0.6 is 0 Å². The average molecular weight is 308 g/mol. The summed E-state index contributed by atoms with van der Waals surface area (Å²) in [6.07, 6.45) is 2.19. The number of hydrogen-bond donors (Lipinski definition) is 2. The van der Waals surface area contributed by atoms with Crippen molar-refractivity contribution >= 4 is 5.96 Å². The Bertz CT molecular complexity index is 517. The largest absolute Gasteiger partial charge is 0.381 e. The van der Waals surface area contributed by atoms with Crippen LogP contribution in [-0.2, 0) is 11.2 Å². The van der Waals surface area contributed by atoms with E-state index in [4.69, 9.17) is 9.26 Å². The summed E-state index contributed by atoms with van der Waals surface area (Å²) in [5.41, 5.74) is 2.25. The molecule has 2 atom stereocenters. The van der Waals surface area contributed by atoms with Crippen LogP contribution in [0.1, 0.15) is 37.3 Å². The molecule has 1 aliphatic rings. The van der Waals surface area contributed by atoms with Gasteiger partial charge >= 0.3 is 0 Å². The van der Waals surface area contributed by atoms with Gasteiger partial charge in [-0.1, -0.05) is 19.0 Å². The van der Waals surface area contributed by atoms with Gasteiger partial charge in [0.25, 0.3) is 0 Å². The molecule has 0 amide bonds. The fourth-order valence-corrected chi connectivity index (χ4v) is 3.05. The van der Waals surface area contributed by atoms with Gasteiger partial charge in [-0.3, -0.25) is 4.99 Å². The van der Waals surface area contributed by atoms with Crippen molar-refractivity contribution in [1.82, 2.24) is 15.8 Å². The van der Waals surface area contributed by atoms with E-state index in [0.29, 0.717) is 12.1 Å². The molecule has 6 nitrogen and oxygen atoms in total. The molecule has 1 aliphatic carbocycles. The number of nitrogens with one attached hydrogen (secondary N) is 2. The van der Waals surface area contributed by atoms with Gasteiger partial charge in [0.15, 0.2) is 5.96 Å². The molecule has 1 heterocycles. The smallest absolute Gasteiger partial charge is 0.191 e. The van der Waals surface area contributed by atoms with E-state index in [1.165, 1.54) is 5.56 Å². The van der Waals surface area contributed by atoms with Crippen LogP contribution in [-0.4, -0.2) is 44.0 Å². The molecule has 2 rings (SSSR count). The fraction of sp³-hybridized carbons (Fsp3) is 0.750. The quantitative estimate of drug-likeness (QED) is 0.641. The lowest BCUT2D eigenvalue weighted by atomic mass is 9.64. The first-order valence-corrected chi connectivity index (χ1v) is 7.81. The van der Waals surface area contributed by atoms with Crippen molar-refractivity contribution in [1.29, 1.82) is 0 Å². The maximum absolute atomic E-state index is 5.49. The highest BCUT2D eigenvalue weighted by atomic mass is 16.5. The van der Waals surface area contributed by atoms with Gasteiger partial charge in [-0.05, 0) is 26.7 Å². The number of rotatable bonds is 5. The van der Waals surface area contributed by atoms with E-state index in [2.05, 4.69) is 34.6 Å². The molecular weight excluding hydrogens is 280 g/mol. The van der Waals surface area contributed by atoms with Gasteiger partial charge < -0.3 is 19.9 Å². The number of hydrogen-bond acceptors (Lipinski definition) is 4. The molecule has 1 aromatic heterocycles. The number of methoxy groups -OCH3 is 1. The Kier molecular flexibility index (Phi) is 5.11. The summed E-state index contributed by atoms with van der Waals surface area (Å²) in [4.78, 5) is 4.30. The Morgan fingerprint density at radius 2 is 2.18 bits per heavy atom. The summed E-state index contributed by atoms with van der Waals surface area (Å²) >= 11 is 0. The van der Waals surface area contributed by atoms with Crippen LogP contribution in [0.3, 0.4) is 0 Å². The Morgan fingerprint density at radius 3 is 2.68 bits per heavy atom. The zero-order valence-corrected chi connectivity index (χ0v) is 14.5. The summed E-state index contributed by atoms with van der Waals surface area (Å²) in [5.74, 6) is 1.73. The van der Waals surface area contributed by atoms with E-state index in [9.17, 15) is 0 Å². The topological polar surface area (TPSA) is 71.7 Å². The molecule has 0 radical (unpaired) electrons. The number of guanidine groups is 1. The fourth-order valence-electron chi connectivity index (χ4n) is 3.05. The molecular formula is C16H28N4O2. The predicted octanol–water partition coefficient (Wildman–Crippen LogP) is 1.81. The maximum atomic E-state index is 5.49. The molecule has 1 saturated carbocycles. The van der Waals surface area contributed by atoms with E-state index in [1.807, 2.05) is 13.8 Å². The molecule has 0 aromatic carbocycles. The highest BCUT2D eigenvalue weighted by molar-refractivity contribution is 5.80. The van der Waals surface area contributed by atoms with Crippen molar-refractivity contribution in [3.63, 3.8) is 0 Å². The Hall–Kier alpha value is -1.56. The SMILES string of the molecule is CN=C(NCCc1c(C)noc1C)NC1CC(OC)C1(C)C. The third-order valence-corrected chi connectivity index (χ3v) is 4.85. The number of aliphatic imine (C=N–C) groups is 1. The number of aryl methyl sites for hydroxylation is 2. The lowest BCUT2D eigenvalue weighted by Crippen LogP contribution is -2.63. The van der Waals surface area contributed by atoms with E-state index >= 15 is 0 Å². The summed E-state index contributed by atoms with van der Waals surface area (Å²) in [5, 5.41) is 10.8. The minimum absolute atomic E-state index is 0.119. The molecule has 0 spiro atoms. The summed E-state index contributed by atoms with van der Waals surface area (Å²) in [7, 11) is 3.57. The van der Waals surface area contributed by atoms with E-state index < -0.39 is 0 Å². The van der Waals surface area contributed by atoms with Crippen LogP contribution in [0, 0.1) is 19.3 Å². The van der Waals surface area contributed by atoms with Crippen molar-refractivity contribution in [2.24, 2.45) is 10.4 Å². The zero-order chi connectivity index (χ0) is 16.3. The molecule has 0 bridgehead atoms. The van der Waals surface area contributed by atoms with Crippen LogP contribution < -0.4 is 10.6 Å². The van der Waals surface area contributed by atoms with Gasteiger partial charge in [0.2, 0.25) is 0 Å². The summed E-state index contributed by atoms with van der Waals surface area (Å²) < 4.78 is 10.7. The first-order valence-electron chi connectivity index (χ1n) is 7.81. The minimum atomic E-state index is 0.119. The minimum Gasteiger partial charge on any atom is -0.381 e. The van der Waals surface area contributed by atoms with Crippen LogP contribution in [0.5, 0.6) is 0 Å². The molecule has 0 aliphatic heterocycles. The molecule has 0 saturated heterocycles. The molecule has 22 heavy (non-hydrogen) atoms. The van der Waals surface area contributed by atoms with Crippen LogP contribution in [0.2, 0.25) is 0 Å². The lowest BCUT2D eigenvalue weighted by Gasteiger charge is -2.51. The summed E-state index contributed by atoms with van der Waals surface area (Å²) in [6.45, 7) is 9.16. The van der Waals surface area contributed by atoms with Gasteiger partial charge in [-0.2, -0.15) is 0 Å². The third-order valence-electron chi connectivity index (χ3n) is 4.85. The van der Waals surface area contributed by atoms with Gasteiger partial charge in [0, 0.05) is 37.7 Å². The molecule has 1 aromatic rings. The van der Waals surface area contributed by atoms with Gasteiger partial charge in [0.05, 0.1) is 11.8 Å². The van der Waals surface area contributed by atoms with Gasteiger partial charge in [-0.25, -0.2) is 0 Å². The van der Waals surface area contributed by atoms with Crippen LogP contribution in [0.25, 0.3) is 0 Å². The monoisotopic (exact) mass is 308 g/mol. The predicted molar refractivity (Wildman–Crippen MR) is 87.2 cm³/mol. The number of aromatic nitrogens is 1. The second-order valence-electron chi connectivity index (χ2n) is 6.53. The third kappa shape index (κ3) is 3.27. The molecule has 1 fully saturated rings. The Morgan fingerprint density at radius 1 is 1.45 bits per heavy atom. The normalized spacial score (nSPS) is 24.0. The second-order valence-corrected chi connectivity index (χ2v) is 6.53. The maximum Gasteiger partial charge on any atom is 0.191 e. The standard InChI is InChI=1S/C16H28N4O2/c1-10-12(11(2)22-20-10)7-8-18-15(17-5)19-13-9-14(21-6)16(13,3)4/h13-14H,7-9H2,1-6H3,(H2,17,18,19).